The molecule has 1 aromatic carbocycles. The number of nitrogens with zero attached hydrogens (tertiary/aromatic N) is 2. The second kappa shape index (κ2) is 7.19. The third-order valence-corrected chi connectivity index (χ3v) is 4.36. The van der Waals surface area contributed by atoms with Crippen LogP contribution >= 0.6 is 11.3 Å². The first kappa shape index (κ1) is 16.9. The summed E-state index contributed by atoms with van der Waals surface area (Å²) in [7, 11) is 1.35. The van der Waals surface area contributed by atoms with Crippen LogP contribution in [0.15, 0.2) is 23.6 Å². The van der Waals surface area contributed by atoms with Gasteiger partial charge in [-0.2, -0.15) is 0 Å². The molecule has 0 aliphatic heterocycles. The predicted molar refractivity (Wildman–Crippen MR) is 87.0 cm³/mol. The van der Waals surface area contributed by atoms with Crippen LogP contribution in [0.5, 0.6) is 5.75 Å². The van der Waals surface area contributed by atoms with E-state index in [1.165, 1.54) is 36.6 Å². The number of amides is 1. The van der Waals surface area contributed by atoms with Crippen molar-refractivity contribution < 1.29 is 14.5 Å². The lowest BCUT2D eigenvalue weighted by atomic mass is 10.1. The van der Waals surface area contributed by atoms with Crippen molar-refractivity contribution in [3.8, 4) is 5.75 Å². The van der Waals surface area contributed by atoms with Gasteiger partial charge in [0.25, 0.3) is 5.91 Å². The van der Waals surface area contributed by atoms with E-state index in [2.05, 4.69) is 10.3 Å². The molecule has 1 aromatic heterocycles. The van der Waals surface area contributed by atoms with Gasteiger partial charge in [-0.1, -0.05) is 6.92 Å². The van der Waals surface area contributed by atoms with Crippen molar-refractivity contribution in [2.45, 2.75) is 26.3 Å². The molecule has 122 valence electrons. The Kier molecular flexibility index (Phi) is 5.28. The van der Waals surface area contributed by atoms with E-state index in [0.29, 0.717) is 6.42 Å². The Balaban J connectivity index is 2.22. The Morgan fingerprint density at radius 3 is 2.78 bits per heavy atom. The molecule has 2 rings (SSSR count). The van der Waals surface area contributed by atoms with Crippen molar-refractivity contribution in [3.05, 3.63) is 50.0 Å². The number of aryl methyl sites for hydroxylation is 1. The maximum Gasteiger partial charge on any atom is 0.311 e. The van der Waals surface area contributed by atoms with E-state index in [1.807, 2.05) is 19.2 Å². The van der Waals surface area contributed by atoms with Crippen molar-refractivity contribution in [1.82, 2.24) is 10.3 Å². The highest BCUT2D eigenvalue weighted by molar-refractivity contribution is 7.09. The highest BCUT2D eigenvalue weighted by Crippen LogP contribution is 2.28. The molecule has 8 heteroatoms. The molecule has 0 saturated carbocycles. The third-order valence-electron chi connectivity index (χ3n) is 3.29. The number of carbonyl (C=O) groups excluding carboxylic acids is 1. The van der Waals surface area contributed by atoms with Gasteiger partial charge in [-0.25, -0.2) is 4.98 Å². The van der Waals surface area contributed by atoms with E-state index in [0.717, 1.165) is 10.7 Å². The number of hydrogen-bond donors (Lipinski definition) is 1. The summed E-state index contributed by atoms with van der Waals surface area (Å²) in [5.41, 5.74) is 0.875. The van der Waals surface area contributed by atoms with Crippen molar-refractivity contribution >= 4 is 22.9 Å². The molecule has 0 saturated heterocycles. The molecule has 1 N–H and O–H groups in total. The molecule has 1 heterocycles. The van der Waals surface area contributed by atoms with Crippen molar-refractivity contribution in [3.63, 3.8) is 0 Å². The predicted octanol–water partition coefficient (Wildman–Crippen LogP) is 3.25. The fraction of sp³-hybridized carbons (Fsp3) is 0.333. The molecular weight excluding hydrogens is 318 g/mol. The molecule has 1 amide bonds. The lowest BCUT2D eigenvalue weighted by Crippen LogP contribution is -2.28. The minimum atomic E-state index is -0.572. The minimum Gasteiger partial charge on any atom is -0.490 e. The van der Waals surface area contributed by atoms with Crippen LogP contribution in [0.2, 0.25) is 0 Å². The fourth-order valence-corrected chi connectivity index (χ4v) is 3.02. The van der Waals surface area contributed by atoms with Crippen LogP contribution in [0.3, 0.4) is 0 Å². The SMILES string of the molecule is CC[C@H](NC(=O)c1ccc(OC)c([N+](=O)[O-])c1)c1nc(C)cs1. The van der Waals surface area contributed by atoms with Gasteiger partial charge in [0.05, 0.1) is 18.1 Å². The molecule has 0 bridgehead atoms. The number of hydrogen-bond acceptors (Lipinski definition) is 6. The molecule has 0 fully saturated rings. The van der Waals surface area contributed by atoms with E-state index < -0.39 is 4.92 Å². The molecule has 7 nitrogen and oxygen atoms in total. The molecule has 23 heavy (non-hydrogen) atoms. The summed E-state index contributed by atoms with van der Waals surface area (Å²) < 4.78 is 4.93. The van der Waals surface area contributed by atoms with E-state index in [9.17, 15) is 14.9 Å². The second-order valence-corrected chi connectivity index (χ2v) is 5.79. The first-order chi connectivity index (χ1) is 11.0. The van der Waals surface area contributed by atoms with Gasteiger partial charge in [0.15, 0.2) is 5.75 Å². The van der Waals surface area contributed by atoms with Crippen LogP contribution in [0.4, 0.5) is 5.69 Å². The van der Waals surface area contributed by atoms with E-state index >= 15 is 0 Å². The maximum absolute atomic E-state index is 12.4. The molecule has 0 aliphatic carbocycles. The number of methoxy groups -OCH3 is 1. The standard InChI is InChI=1S/C15H17N3O4S/c1-4-11(15-16-9(2)8-23-15)17-14(19)10-5-6-13(22-3)12(7-10)18(20)21/h5-8,11H,4H2,1-3H3,(H,17,19)/t11-/m0/s1. The van der Waals surface area contributed by atoms with Gasteiger partial charge in [-0.3, -0.25) is 14.9 Å². The summed E-state index contributed by atoms with van der Waals surface area (Å²) in [4.78, 5) is 27.2. The summed E-state index contributed by atoms with van der Waals surface area (Å²) in [5.74, 6) is -0.260. The van der Waals surface area contributed by atoms with Gasteiger partial charge in [-0.05, 0) is 25.5 Å². The van der Waals surface area contributed by atoms with Crippen LogP contribution in [0, 0.1) is 17.0 Å². The molecular formula is C15H17N3O4S. The van der Waals surface area contributed by atoms with Crippen LogP contribution in [-0.2, 0) is 0 Å². The van der Waals surface area contributed by atoms with Gasteiger partial charge in [0.1, 0.15) is 5.01 Å². The van der Waals surface area contributed by atoms with Crippen LogP contribution in [0.25, 0.3) is 0 Å². The van der Waals surface area contributed by atoms with E-state index in [1.54, 1.807) is 0 Å². The zero-order valence-electron chi connectivity index (χ0n) is 13.0. The van der Waals surface area contributed by atoms with Crippen molar-refractivity contribution in [2.75, 3.05) is 7.11 Å². The quantitative estimate of drug-likeness (QED) is 0.646. The number of nitro benzene ring substituents is 1. The zero-order valence-corrected chi connectivity index (χ0v) is 13.8. The summed E-state index contributed by atoms with van der Waals surface area (Å²) in [6, 6.07) is 3.92. The Labute approximate surface area is 137 Å². The Bertz CT molecular complexity index is 729. The van der Waals surface area contributed by atoms with Gasteiger partial charge >= 0.3 is 5.69 Å². The van der Waals surface area contributed by atoms with Crippen LogP contribution in [0.1, 0.15) is 40.4 Å². The van der Waals surface area contributed by atoms with E-state index in [4.69, 9.17) is 4.74 Å². The number of carbonyl (C=O) groups is 1. The van der Waals surface area contributed by atoms with Crippen molar-refractivity contribution in [1.29, 1.82) is 0 Å². The summed E-state index contributed by atoms with van der Waals surface area (Å²) in [6.07, 6.45) is 0.678. The molecule has 1 atom stereocenters. The van der Waals surface area contributed by atoms with Gasteiger partial charge in [0, 0.05) is 22.7 Å². The monoisotopic (exact) mass is 335 g/mol. The highest BCUT2D eigenvalue weighted by Gasteiger charge is 2.21. The topological polar surface area (TPSA) is 94.4 Å². The highest BCUT2D eigenvalue weighted by atomic mass is 32.1. The normalized spacial score (nSPS) is 11.8. The zero-order chi connectivity index (χ0) is 17.0. The smallest absolute Gasteiger partial charge is 0.311 e. The molecule has 2 aromatic rings. The number of benzene rings is 1. The molecule has 0 unspecified atom stereocenters. The fourth-order valence-electron chi connectivity index (χ4n) is 2.09. The van der Waals surface area contributed by atoms with Crippen LogP contribution < -0.4 is 10.1 Å². The first-order valence-electron chi connectivity index (χ1n) is 7.01. The number of ether oxygens (including phenoxy) is 1. The van der Waals surface area contributed by atoms with E-state index in [-0.39, 0.29) is 28.9 Å². The second-order valence-electron chi connectivity index (χ2n) is 4.91. The maximum atomic E-state index is 12.4. The number of nitro groups is 1. The lowest BCUT2D eigenvalue weighted by Gasteiger charge is -2.14. The van der Waals surface area contributed by atoms with Gasteiger partial charge in [-0.15, -0.1) is 11.3 Å². The summed E-state index contributed by atoms with van der Waals surface area (Å²) in [5, 5.41) is 16.6. The van der Waals surface area contributed by atoms with Gasteiger partial charge in [0.2, 0.25) is 0 Å². The Hall–Kier alpha value is -2.48. The molecule has 0 spiro atoms. The largest absolute Gasteiger partial charge is 0.490 e. The molecule has 0 radical (unpaired) electrons. The van der Waals surface area contributed by atoms with Gasteiger partial charge < -0.3 is 10.1 Å². The van der Waals surface area contributed by atoms with Crippen molar-refractivity contribution in [2.24, 2.45) is 0 Å². The lowest BCUT2D eigenvalue weighted by molar-refractivity contribution is -0.385. The Morgan fingerprint density at radius 1 is 1.52 bits per heavy atom. The molecule has 0 aliphatic rings. The number of thiazole rings is 1. The number of aromatic nitrogens is 1. The number of rotatable bonds is 6. The number of nitrogens with one attached hydrogen (secondary N) is 1. The summed E-state index contributed by atoms with van der Waals surface area (Å²) in [6.45, 7) is 3.83. The third kappa shape index (κ3) is 3.84. The minimum absolute atomic E-state index is 0.120. The first-order valence-corrected chi connectivity index (χ1v) is 7.89. The average molecular weight is 335 g/mol. The Morgan fingerprint density at radius 2 is 2.26 bits per heavy atom. The average Bonchev–Trinajstić information content (AvgIpc) is 2.97. The summed E-state index contributed by atoms with van der Waals surface area (Å²) >= 11 is 1.48. The van der Waals surface area contributed by atoms with Crippen LogP contribution in [-0.4, -0.2) is 22.9 Å².